The standard InChI is InChI=1S/C13H26O/c1-4-13(2,3)12-7-5-11(6-8-12)9-10-14/h11-12,14H,4-10H2,1-3H3. The van der Waals surface area contributed by atoms with Crippen molar-refractivity contribution in [2.75, 3.05) is 6.61 Å². The molecule has 1 aliphatic rings. The first-order valence-corrected chi connectivity index (χ1v) is 6.21. The molecule has 0 amide bonds. The highest BCUT2D eigenvalue weighted by Gasteiger charge is 2.31. The first kappa shape index (κ1) is 12.0. The van der Waals surface area contributed by atoms with Crippen LogP contribution in [0.4, 0.5) is 0 Å². The van der Waals surface area contributed by atoms with Crippen LogP contribution < -0.4 is 0 Å². The second-order valence-electron chi connectivity index (χ2n) is 5.57. The first-order chi connectivity index (χ1) is 6.60. The van der Waals surface area contributed by atoms with Crippen molar-refractivity contribution in [1.29, 1.82) is 0 Å². The Labute approximate surface area is 88.9 Å². The summed E-state index contributed by atoms with van der Waals surface area (Å²) >= 11 is 0. The van der Waals surface area contributed by atoms with E-state index in [1.165, 1.54) is 32.1 Å². The lowest BCUT2D eigenvalue weighted by atomic mass is 9.67. The molecular formula is C13H26O. The first-order valence-electron chi connectivity index (χ1n) is 6.21. The number of aliphatic hydroxyl groups is 1. The molecule has 0 saturated heterocycles. The molecule has 1 fully saturated rings. The van der Waals surface area contributed by atoms with E-state index in [2.05, 4.69) is 20.8 Å². The van der Waals surface area contributed by atoms with Gasteiger partial charge < -0.3 is 5.11 Å². The Morgan fingerprint density at radius 3 is 2.14 bits per heavy atom. The van der Waals surface area contributed by atoms with Gasteiger partial charge in [-0.1, -0.05) is 40.0 Å². The molecule has 1 nitrogen and oxygen atoms in total. The molecule has 0 heterocycles. The molecule has 1 heteroatoms. The molecule has 1 aliphatic carbocycles. The highest BCUT2D eigenvalue weighted by atomic mass is 16.3. The molecule has 0 atom stereocenters. The predicted molar refractivity (Wildman–Crippen MR) is 61.2 cm³/mol. The third-order valence-corrected chi connectivity index (χ3v) is 4.40. The number of hydrogen-bond acceptors (Lipinski definition) is 1. The average Bonchev–Trinajstić information content (AvgIpc) is 2.19. The summed E-state index contributed by atoms with van der Waals surface area (Å²) in [6.07, 6.45) is 7.77. The average molecular weight is 198 g/mol. The van der Waals surface area contributed by atoms with Gasteiger partial charge in [0.25, 0.3) is 0 Å². The van der Waals surface area contributed by atoms with Crippen molar-refractivity contribution in [1.82, 2.24) is 0 Å². The molecule has 84 valence electrons. The van der Waals surface area contributed by atoms with E-state index in [0.717, 1.165) is 18.3 Å². The Bertz CT molecular complexity index is 155. The van der Waals surface area contributed by atoms with E-state index in [-0.39, 0.29) is 0 Å². The molecule has 0 aromatic heterocycles. The van der Waals surface area contributed by atoms with Crippen LogP contribution in [0, 0.1) is 17.3 Å². The smallest absolute Gasteiger partial charge is 0.0433 e. The van der Waals surface area contributed by atoms with E-state index in [0.29, 0.717) is 12.0 Å². The third kappa shape index (κ3) is 2.98. The van der Waals surface area contributed by atoms with Gasteiger partial charge in [-0.2, -0.15) is 0 Å². The van der Waals surface area contributed by atoms with E-state index in [4.69, 9.17) is 5.11 Å². The normalized spacial score (nSPS) is 29.1. The zero-order valence-electron chi connectivity index (χ0n) is 10.1. The quantitative estimate of drug-likeness (QED) is 0.731. The maximum atomic E-state index is 8.89. The van der Waals surface area contributed by atoms with Gasteiger partial charge in [0.05, 0.1) is 0 Å². The summed E-state index contributed by atoms with van der Waals surface area (Å²) in [5.74, 6) is 1.73. The summed E-state index contributed by atoms with van der Waals surface area (Å²) < 4.78 is 0. The SMILES string of the molecule is CCC(C)(C)C1CCC(CCO)CC1. The number of aliphatic hydroxyl groups excluding tert-OH is 1. The van der Waals surface area contributed by atoms with Crippen LogP contribution in [0.15, 0.2) is 0 Å². The van der Waals surface area contributed by atoms with Crippen LogP contribution in [0.2, 0.25) is 0 Å². The third-order valence-electron chi connectivity index (χ3n) is 4.40. The molecule has 1 rings (SSSR count). The zero-order valence-corrected chi connectivity index (χ0v) is 10.1. The highest BCUT2D eigenvalue weighted by molar-refractivity contribution is 4.82. The van der Waals surface area contributed by atoms with Gasteiger partial charge in [0, 0.05) is 6.61 Å². The summed E-state index contributed by atoms with van der Waals surface area (Å²) in [6.45, 7) is 7.50. The van der Waals surface area contributed by atoms with E-state index in [1.54, 1.807) is 0 Å². The zero-order chi connectivity index (χ0) is 10.6. The second-order valence-corrected chi connectivity index (χ2v) is 5.57. The highest BCUT2D eigenvalue weighted by Crippen LogP contribution is 2.42. The van der Waals surface area contributed by atoms with Crippen LogP contribution in [0.5, 0.6) is 0 Å². The minimum absolute atomic E-state index is 0.381. The molecule has 0 aliphatic heterocycles. The monoisotopic (exact) mass is 198 g/mol. The van der Waals surface area contributed by atoms with E-state index in [1.807, 2.05) is 0 Å². The minimum atomic E-state index is 0.381. The fourth-order valence-electron chi connectivity index (χ4n) is 2.70. The van der Waals surface area contributed by atoms with Crippen molar-refractivity contribution in [3.63, 3.8) is 0 Å². The number of rotatable bonds is 4. The van der Waals surface area contributed by atoms with Crippen LogP contribution in [0.25, 0.3) is 0 Å². The van der Waals surface area contributed by atoms with E-state index in [9.17, 15) is 0 Å². The molecule has 0 unspecified atom stereocenters. The summed E-state index contributed by atoms with van der Waals surface area (Å²) in [7, 11) is 0. The van der Waals surface area contributed by atoms with Crippen molar-refractivity contribution in [3.8, 4) is 0 Å². The van der Waals surface area contributed by atoms with Crippen molar-refractivity contribution in [3.05, 3.63) is 0 Å². The summed E-state index contributed by atoms with van der Waals surface area (Å²) in [5, 5.41) is 8.89. The molecule has 0 bridgehead atoms. The molecule has 14 heavy (non-hydrogen) atoms. The van der Waals surface area contributed by atoms with Gasteiger partial charge in [-0.15, -0.1) is 0 Å². The van der Waals surface area contributed by atoms with Crippen LogP contribution >= 0.6 is 0 Å². The summed E-state index contributed by atoms with van der Waals surface area (Å²) in [6, 6.07) is 0. The Balaban J connectivity index is 2.35. The Hall–Kier alpha value is -0.0400. The lowest BCUT2D eigenvalue weighted by Crippen LogP contribution is -2.28. The van der Waals surface area contributed by atoms with Crippen molar-refractivity contribution < 1.29 is 5.11 Å². The topological polar surface area (TPSA) is 20.2 Å². The molecule has 0 aromatic carbocycles. The molecule has 1 saturated carbocycles. The lowest BCUT2D eigenvalue weighted by molar-refractivity contribution is 0.117. The van der Waals surface area contributed by atoms with E-state index >= 15 is 0 Å². The number of hydrogen-bond donors (Lipinski definition) is 1. The fraction of sp³-hybridized carbons (Fsp3) is 1.00. The Morgan fingerprint density at radius 1 is 1.14 bits per heavy atom. The molecular weight excluding hydrogens is 172 g/mol. The molecule has 0 spiro atoms. The maximum Gasteiger partial charge on any atom is 0.0433 e. The van der Waals surface area contributed by atoms with Gasteiger partial charge in [0.15, 0.2) is 0 Å². The van der Waals surface area contributed by atoms with Gasteiger partial charge in [0.1, 0.15) is 0 Å². The molecule has 0 radical (unpaired) electrons. The predicted octanol–water partition coefficient (Wildman–Crippen LogP) is 3.61. The Kier molecular flexibility index (Phi) is 4.43. The van der Waals surface area contributed by atoms with Crippen LogP contribution in [0.3, 0.4) is 0 Å². The largest absolute Gasteiger partial charge is 0.396 e. The Morgan fingerprint density at radius 2 is 1.71 bits per heavy atom. The van der Waals surface area contributed by atoms with Gasteiger partial charge in [-0.05, 0) is 36.5 Å². The van der Waals surface area contributed by atoms with Crippen LogP contribution in [-0.4, -0.2) is 11.7 Å². The lowest BCUT2D eigenvalue weighted by Gasteiger charge is -2.38. The van der Waals surface area contributed by atoms with E-state index < -0.39 is 0 Å². The molecule has 1 N–H and O–H groups in total. The summed E-state index contributed by atoms with van der Waals surface area (Å²) in [5.41, 5.74) is 0.532. The van der Waals surface area contributed by atoms with Gasteiger partial charge in [-0.3, -0.25) is 0 Å². The van der Waals surface area contributed by atoms with Crippen molar-refractivity contribution in [2.45, 2.75) is 59.3 Å². The minimum Gasteiger partial charge on any atom is -0.396 e. The van der Waals surface area contributed by atoms with Crippen molar-refractivity contribution in [2.24, 2.45) is 17.3 Å². The van der Waals surface area contributed by atoms with Crippen molar-refractivity contribution >= 4 is 0 Å². The summed E-state index contributed by atoms with van der Waals surface area (Å²) in [4.78, 5) is 0. The van der Waals surface area contributed by atoms with Gasteiger partial charge in [0.2, 0.25) is 0 Å². The van der Waals surface area contributed by atoms with Crippen LogP contribution in [0.1, 0.15) is 59.3 Å². The molecule has 0 aromatic rings. The van der Waals surface area contributed by atoms with Crippen LogP contribution in [-0.2, 0) is 0 Å². The van der Waals surface area contributed by atoms with Gasteiger partial charge >= 0.3 is 0 Å². The maximum absolute atomic E-state index is 8.89. The fourth-order valence-corrected chi connectivity index (χ4v) is 2.70. The van der Waals surface area contributed by atoms with Gasteiger partial charge in [-0.25, -0.2) is 0 Å². The second kappa shape index (κ2) is 5.16.